The minimum absolute atomic E-state index is 0.112. The second kappa shape index (κ2) is 5.78. The van der Waals surface area contributed by atoms with E-state index >= 15 is 0 Å². The molecule has 0 saturated carbocycles. The Morgan fingerprint density at radius 1 is 1.19 bits per heavy atom. The van der Waals surface area contributed by atoms with E-state index in [0.717, 1.165) is 12.1 Å². The smallest absolute Gasteiger partial charge is 0.196 e. The lowest BCUT2D eigenvalue weighted by atomic mass is 9.97. The van der Waals surface area contributed by atoms with Crippen LogP contribution in [0.4, 0.5) is 5.69 Å². The summed E-state index contributed by atoms with van der Waals surface area (Å²) in [6.07, 6.45) is 0.989. The molecule has 0 bridgehead atoms. The third-order valence-electron chi connectivity index (χ3n) is 3.89. The van der Waals surface area contributed by atoms with Crippen LogP contribution in [0.2, 0.25) is 5.02 Å². The number of nitrogens with zero attached hydrogens (tertiary/aromatic N) is 2. The van der Waals surface area contributed by atoms with Gasteiger partial charge in [0.1, 0.15) is 0 Å². The van der Waals surface area contributed by atoms with Crippen molar-refractivity contribution in [1.29, 1.82) is 0 Å². The Labute approximate surface area is 130 Å². The molecule has 4 heteroatoms. The Morgan fingerprint density at radius 3 is 2.67 bits per heavy atom. The maximum absolute atomic E-state index is 6.34. The van der Waals surface area contributed by atoms with E-state index < -0.39 is 0 Å². The van der Waals surface area contributed by atoms with E-state index in [0.29, 0.717) is 17.5 Å². The normalized spacial score (nSPS) is 17.9. The lowest BCUT2D eigenvalue weighted by Gasteiger charge is -2.28. The first-order chi connectivity index (χ1) is 10.2. The van der Waals surface area contributed by atoms with E-state index in [1.54, 1.807) is 0 Å². The van der Waals surface area contributed by atoms with Crippen LogP contribution < -0.4 is 10.6 Å². The van der Waals surface area contributed by atoms with Crippen LogP contribution in [0.1, 0.15) is 24.1 Å². The molecule has 0 aromatic heterocycles. The molecule has 2 aromatic rings. The number of nitrogens with two attached hydrogens (primary N) is 1. The third kappa shape index (κ3) is 2.49. The van der Waals surface area contributed by atoms with E-state index in [4.69, 9.17) is 17.3 Å². The van der Waals surface area contributed by atoms with Crippen molar-refractivity contribution < 1.29 is 0 Å². The average molecular weight is 300 g/mol. The predicted molar refractivity (Wildman–Crippen MR) is 89.0 cm³/mol. The number of rotatable bonds is 3. The lowest BCUT2D eigenvalue weighted by Crippen LogP contribution is -2.36. The van der Waals surface area contributed by atoms with Crippen LogP contribution in [0.5, 0.6) is 0 Å². The van der Waals surface area contributed by atoms with Gasteiger partial charge >= 0.3 is 0 Å². The van der Waals surface area contributed by atoms with E-state index in [-0.39, 0.29) is 6.04 Å². The van der Waals surface area contributed by atoms with Crippen LogP contribution in [-0.4, -0.2) is 12.5 Å². The van der Waals surface area contributed by atoms with Gasteiger partial charge in [-0.2, -0.15) is 0 Å². The summed E-state index contributed by atoms with van der Waals surface area (Å²) in [5.74, 6) is 0.527. The van der Waals surface area contributed by atoms with Crippen molar-refractivity contribution in [3.8, 4) is 0 Å². The van der Waals surface area contributed by atoms with Crippen LogP contribution in [0.15, 0.2) is 53.5 Å². The molecule has 2 aromatic carbocycles. The predicted octanol–water partition coefficient (Wildman–Crippen LogP) is 3.78. The summed E-state index contributed by atoms with van der Waals surface area (Å²) < 4.78 is 0. The highest BCUT2D eigenvalue weighted by Crippen LogP contribution is 2.36. The first kappa shape index (κ1) is 14.0. The van der Waals surface area contributed by atoms with E-state index in [9.17, 15) is 0 Å². The summed E-state index contributed by atoms with van der Waals surface area (Å²) in [6.45, 7) is 2.83. The first-order valence-corrected chi connectivity index (χ1v) is 7.51. The maximum atomic E-state index is 6.34. The highest BCUT2D eigenvalue weighted by molar-refractivity contribution is 6.33. The number of aliphatic imine (C=N–C) groups is 1. The zero-order valence-electron chi connectivity index (χ0n) is 12.0. The van der Waals surface area contributed by atoms with Crippen LogP contribution in [-0.2, 0) is 6.42 Å². The van der Waals surface area contributed by atoms with E-state index in [1.165, 1.54) is 11.1 Å². The number of aryl methyl sites for hydroxylation is 1. The van der Waals surface area contributed by atoms with Crippen molar-refractivity contribution in [2.75, 3.05) is 11.4 Å². The third-order valence-corrected chi connectivity index (χ3v) is 4.21. The lowest BCUT2D eigenvalue weighted by molar-refractivity contribution is 0.756. The molecule has 1 unspecified atom stereocenters. The molecular formula is C17H18ClN3. The number of guanidine groups is 1. The second-order valence-electron chi connectivity index (χ2n) is 5.09. The Bertz CT molecular complexity index is 681. The molecule has 1 atom stereocenters. The molecule has 3 nitrogen and oxygen atoms in total. The molecule has 108 valence electrons. The van der Waals surface area contributed by atoms with Crippen molar-refractivity contribution in [1.82, 2.24) is 0 Å². The Hall–Kier alpha value is -2.00. The first-order valence-electron chi connectivity index (χ1n) is 7.14. The largest absolute Gasteiger partial charge is 0.369 e. The molecule has 1 aliphatic rings. The summed E-state index contributed by atoms with van der Waals surface area (Å²) in [4.78, 5) is 6.47. The Balaban J connectivity index is 2.06. The monoisotopic (exact) mass is 299 g/mol. The molecule has 2 N–H and O–H groups in total. The molecule has 1 heterocycles. The topological polar surface area (TPSA) is 41.6 Å². The van der Waals surface area contributed by atoms with Crippen LogP contribution in [0, 0.1) is 0 Å². The molecule has 0 fully saturated rings. The van der Waals surface area contributed by atoms with Gasteiger partial charge in [0.25, 0.3) is 0 Å². The fraction of sp³-hybridized carbons (Fsp3) is 0.235. The molecule has 3 rings (SSSR count). The van der Waals surface area contributed by atoms with Gasteiger partial charge in [-0.25, -0.2) is 0 Å². The zero-order chi connectivity index (χ0) is 14.8. The minimum atomic E-state index is 0.112. The standard InChI is InChI=1S/C17H18ClN3/c1-2-12-7-3-4-8-13(12)16-11-20-17(19)21(16)15-10-6-5-9-14(15)18/h3-10,16H,2,11H2,1H3,(H2,19,20). The van der Waals surface area contributed by atoms with Gasteiger partial charge in [0.2, 0.25) is 0 Å². The van der Waals surface area contributed by atoms with Gasteiger partial charge in [0, 0.05) is 0 Å². The quantitative estimate of drug-likeness (QED) is 0.937. The number of anilines is 1. The van der Waals surface area contributed by atoms with Gasteiger partial charge < -0.3 is 10.6 Å². The fourth-order valence-electron chi connectivity index (χ4n) is 2.85. The fourth-order valence-corrected chi connectivity index (χ4v) is 3.08. The summed E-state index contributed by atoms with van der Waals surface area (Å²) in [7, 11) is 0. The van der Waals surface area contributed by atoms with Crippen LogP contribution in [0.3, 0.4) is 0 Å². The van der Waals surface area contributed by atoms with Gasteiger partial charge in [-0.3, -0.25) is 4.99 Å². The minimum Gasteiger partial charge on any atom is -0.369 e. The molecule has 0 spiro atoms. The van der Waals surface area contributed by atoms with E-state index in [1.807, 2.05) is 29.2 Å². The Kier molecular flexibility index (Phi) is 3.84. The molecule has 0 saturated heterocycles. The average Bonchev–Trinajstić information content (AvgIpc) is 2.89. The molecular weight excluding hydrogens is 282 g/mol. The van der Waals surface area contributed by atoms with Gasteiger partial charge in [-0.15, -0.1) is 0 Å². The highest BCUT2D eigenvalue weighted by Gasteiger charge is 2.31. The van der Waals surface area contributed by atoms with Gasteiger partial charge in [-0.05, 0) is 29.7 Å². The zero-order valence-corrected chi connectivity index (χ0v) is 12.7. The Morgan fingerprint density at radius 2 is 1.90 bits per heavy atom. The SMILES string of the molecule is CCc1ccccc1C1CN=C(N)N1c1ccccc1Cl. The highest BCUT2D eigenvalue weighted by atomic mass is 35.5. The van der Waals surface area contributed by atoms with Crippen LogP contribution in [0.25, 0.3) is 0 Å². The van der Waals surface area contributed by atoms with Gasteiger partial charge in [-0.1, -0.05) is 54.9 Å². The van der Waals surface area contributed by atoms with Crippen molar-refractivity contribution in [2.45, 2.75) is 19.4 Å². The van der Waals surface area contributed by atoms with Crippen molar-refractivity contribution in [3.63, 3.8) is 0 Å². The second-order valence-corrected chi connectivity index (χ2v) is 5.50. The number of benzene rings is 2. The summed E-state index contributed by atoms with van der Waals surface area (Å²) >= 11 is 6.34. The molecule has 0 radical (unpaired) electrons. The van der Waals surface area contributed by atoms with Crippen molar-refractivity contribution in [3.05, 3.63) is 64.7 Å². The number of halogens is 1. The molecule has 1 aliphatic heterocycles. The van der Waals surface area contributed by atoms with Crippen molar-refractivity contribution >= 4 is 23.2 Å². The number of para-hydroxylation sites is 1. The van der Waals surface area contributed by atoms with E-state index in [2.05, 4.69) is 36.2 Å². The van der Waals surface area contributed by atoms with Crippen molar-refractivity contribution in [2.24, 2.45) is 10.7 Å². The maximum Gasteiger partial charge on any atom is 0.196 e. The molecule has 21 heavy (non-hydrogen) atoms. The molecule has 0 aliphatic carbocycles. The van der Waals surface area contributed by atoms with Crippen LogP contribution >= 0.6 is 11.6 Å². The summed E-state index contributed by atoms with van der Waals surface area (Å²) in [5, 5.41) is 0.691. The van der Waals surface area contributed by atoms with Gasteiger partial charge in [0.15, 0.2) is 5.96 Å². The summed E-state index contributed by atoms with van der Waals surface area (Å²) in [5.41, 5.74) is 9.62. The number of hydrogen-bond donors (Lipinski definition) is 1. The van der Waals surface area contributed by atoms with Gasteiger partial charge in [0.05, 0.1) is 23.3 Å². The number of hydrogen-bond acceptors (Lipinski definition) is 3. The molecule has 0 amide bonds. The summed E-state index contributed by atoms with van der Waals surface area (Å²) in [6, 6.07) is 16.3.